The van der Waals surface area contributed by atoms with E-state index in [9.17, 15) is 9.59 Å². The Balaban J connectivity index is 1.59. The quantitative estimate of drug-likeness (QED) is 0.818. The van der Waals surface area contributed by atoms with Crippen molar-refractivity contribution in [2.45, 2.75) is 51.4 Å². The van der Waals surface area contributed by atoms with E-state index in [1.54, 1.807) is 12.4 Å². The van der Waals surface area contributed by atoms with Gasteiger partial charge in [0.1, 0.15) is 0 Å². The monoisotopic (exact) mass is 405 g/mol. The fourth-order valence-electron chi connectivity index (χ4n) is 5.21. The topological polar surface area (TPSA) is 76.3 Å². The highest BCUT2D eigenvalue weighted by molar-refractivity contribution is 5.85. The van der Waals surface area contributed by atoms with Gasteiger partial charge in [-0.2, -0.15) is 0 Å². The highest BCUT2D eigenvalue weighted by atomic mass is 16.2. The predicted octanol–water partition coefficient (Wildman–Crippen LogP) is 3.97. The van der Waals surface area contributed by atoms with Crippen LogP contribution in [-0.2, 0) is 16.0 Å². The number of benzene rings is 1. The molecule has 2 aromatic rings. The van der Waals surface area contributed by atoms with Crippen LogP contribution < -0.4 is 5.73 Å². The molecule has 30 heavy (non-hydrogen) atoms. The number of rotatable bonds is 5. The number of aromatic nitrogens is 1. The molecule has 2 aliphatic rings. The second-order valence-corrected chi connectivity index (χ2v) is 8.91. The second-order valence-electron chi connectivity index (χ2n) is 8.91. The summed E-state index contributed by atoms with van der Waals surface area (Å²) in [5.74, 6) is 0.0437. The van der Waals surface area contributed by atoms with Gasteiger partial charge >= 0.3 is 0 Å². The Bertz CT molecular complexity index is 892. The maximum atomic E-state index is 13.2. The number of primary amides is 1. The van der Waals surface area contributed by atoms with Crippen molar-refractivity contribution in [2.75, 3.05) is 13.1 Å². The zero-order valence-corrected chi connectivity index (χ0v) is 17.6. The van der Waals surface area contributed by atoms with Crippen LogP contribution in [0.2, 0.25) is 0 Å². The van der Waals surface area contributed by atoms with Crippen molar-refractivity contribution in [3.63, 3.8) is 0 Å². The molecular formula is C25H31N3O2. The molecule has 1 saturated heterocycles. The number of amides is 2. The van der Waals surface area contributed by atoms with Gasteiger partial charge in [-0.15, -0.1) is 0 Å². The molecule has 0 bridgehead atoms. The number of hydrogen-bond acceptors (Lipinski definition) is 3. The summed E-state index contributed by atoms with van der Waals surface area (Å²) < 4.78 is 0. The summed E-state index contributed by atoms with van der Waals surface area (Å²) >= 11 is 0. The van der Waals surface area contributed by atoms with Crippen LogP contribution in [0.5, 0.6) is 0 Å². The number of hydrogen-bond donors (Lipinski definition) is 1. The minimum atomic E-state index is -0.717. The van der Waals surface area contributed by atoms with Crippen LogP contribution in [0.25, 0.3) is 11.1 Å². The minimum Gasteiger partial charge on any atom is -0.369 e. The molecule has 158 valence electrons. The molecule has 1 saturated carbocycles. The van der Waals surface area contributed by atoms with Gasteiger partial charge in [-0.3, -0.25) is 14.6 Å². The summed E-state index contributed by atoms with van der Waals surface area (Å²) in [5, 5.41) is 0. The van der Waals surface area contributed by atoms with Crippen LogP contribution in [0.3, 0.4) is 0 Å². The molecule has 4 rings (SSSR count). The number of likely N-dealkylation sites (tertiary alicyclic amines) is 1. The molecule has 2 heterocycles. The number of nitrogens with two attached hydrogens (primary N) is 1. The van der Waals surface area contributed by atoms with E-state index in [0.717, 1.165) is 61.8 Å². The molecule has 1 aromatic heterocycles. The van der Waals surface area contributed by atoms with E-state index in [1.807, 2.05) is 29.2 Å². The van der Waals surface area contributed by atoms with E-state index in [4.69, 9.17) is 5.73 Å². The van der Waals surface area contributed by atoms with E-state index in [0.29, 0.717) is 13.0 Å². The standard InChI is InChI=1S/C25H31N3O2/c26-24(30)25(13-6-16-28(18-25)23(29)20-7-2-1-3-8-20)17-21-9-4-5-10-22(21)19-11-14-27-15-12-19/h4-5,9-12,14-15,20H,1-3,6-8,13,16-18H2,(H2,26,30). The van der Waals surface area contributed by atoms with Gasteiger partial charge < -0.3 is 10.6 Å². The molecule has 1 aliphatic carbocycles. The second kappa shape index (κ2) is 8.99. The Morgan fingerprint density at radius 3 is 2.50 bits per heavy atom. The number of carbonyl (C=O) groups is 2. The summed E-state index contributed by atoms with van der Waals surface area (Å²) in [6, 6.07) is 12.1. The lowest BCUT2D eigenvalue weighted by atomic mass is 9.73. The van der Waals surface area contributed by atoms with E-state index in [2.05, 4.69) is 17.1 Å². The van der Waals surface area contributed by atoms with Crippen LogP contribution in [0.1, 0.15) is 50.5 Å². The molecule has 5 heteroatoms. The van der Waals surface area contributed by atoms with Crippen LogP contribution in [0, 0.1) is 11.3 Å². The highest BCUT2D eigenvalue weighted by Gasteiger charge is 2.43. The summed E-state index contributed by atoms with van der Waals surface area (Å²) in [4.78, 5) is 32.0. The van der Waals surface area contributed by atoms with Crippen molar-refractivity contribution >= 4 is 11.8 Å². The van der Waals surface area contributed by atoms with Crippen molar-refractivity contribution in [3.05, 3.63) is 54.4 Å². The first-order valence-corrected chi connectivity index (χ1v) is 11.2. The summed E-state index contributed by atoms with van der Waals surface area (Å²) in [7, 11) is 0. The summed E-state index contributed by atoms with van der Waals surface area (Å²) in [5.41, 5.74) is 8.54. The third kappa shape index (κ3) is 4.25. The van der Waals surface area contributed by atoms with Crippen molar-refractivity contribution < 1.29 is 9.59 Å². The van der Waals surface area contributed by atoms with Gasteiger partial charge in [0.05, 0.1) is 5.41 Å². The van der Waals surface area contributed by atoms with Crippen LogP contribution in [0.4, 0.5) is 0 Å². The molecule has 0 spiro atoms. The average molecular weight is 406 g/mol. The van der Waals surface area contributed by atoms with Crippen molar-refractivity contribution in [1.82, 2.24) is 9.88 Å². The summed E-state index contributed by atoms with van der Waals surface area (Å²) in [6.07, 6.45) is 11.1. The number of pyridine rings is 1. The van der Waals surface area contributed by atoms with E-state index >= 15 is 0 Å². The van der Waals surface area contributed by atoms with Crippen LogP contribution in [0.15, 0.2) is 48.8 Å². The number of piperidine rings is 1. The van der Waals surface area contributed by atoms with Gasteiger partial charge in [-0.05, 0) is 60.9 Å². The molecule has 1 aromatic carbocycles. The Morgan fingerprint density at radius 1 is 1.03 bits per heavy atom. The maximum Gasteiger partial charge on any atom is 0.225 e. The Morgan fingerprint density at radius 2 is 1.77 bits per heavy atom. The van der Waals surface area contributed by atoms with Gasteiger partial charge in [0.15, 0.2) is 0 Å². The molecule has 5 nitrogen and oxygen atoms in total. The lowest BCUT2D eigenvalue weighted by molar-refractivity contribution is -0.143. The Kier molecular flexibility index (Phi) is 6.16. The van der Waals surface area contributed by atoms with Crippen molar-refractivity contribution in [3.8, 4) is 11.1 Å². The molecule has 0 radical (unpaired) electrons. The van der Waals surface area contributed by atoms with Gasteiger partial charge in [0.25, 0.3) is 0 Å². The molecule has 1 atom stereocenters. The van der Waals surface area contributed by atoms with Crippen molar-refractivity contribution in [1.29, 1.82) is 0 Å². The first-order chi connectivity index (χ1) is 14.6. The zero-order chi connectivity index (χ0) is 21.0. The smallest absolute Gasteiger partial charge is 0.225 e. The van der Waals surface area contributed by atoms with E-state index < -0.39 is 5.41 Å². The molecule has 2 amide bonds. The molecule has 2 N–H and O–H groups in total. The summed E-state index contributed by atoms with van der Waals surface area (Å²) in [6.45, 7) is 1.17. The minimum absolute atomic E-state index is 0.117. The number of nitrogens with zero attached hydrogens (tertiary/aromatic N) is 2. The third-order valence-electron chi connectivity index (χ3n) is 6.90. The first-order valence-electron chi connectivity index (χ1n) is 11.2. The lowest BCUT2D eigenvalue weighted by Crippen LogP contribution is -2.54. The van der Waals surface area contributed by atoms with E-state index in [-0.39, 0.29) is 17.7 Å². The molecule has 1 aliphatic heterocycles. The fraction of sp³-hybridized carbons (Fsp3) is 0.480. The van der Waals surface area contributed by atoms with E-state index in [1.165, 1.54) is 6.42 Å². The highest BCUT2D eigenvalue weighted by Crippen LogP contribution is 2.38. The SMILES string of the molecule is NC(=O)C1(Cc2ccccc2-c2ccncc2)CCCN(C(=O)C2CCCCC2)C1. The number of carbonyl (C=O) groups excluding carboxylic acids is 2. The van der Waals surface area contributed by atoms with Crippen molar-refractivity contribution in [2.24, 2.45) is 17.1 Å². The first kappa shape index (κ1) is 20.6. The van der Waals surface area contributed by atoms with Gasteiger partial charge in [0, 0.05) is 31.4 Å². The van der Waals surface area contributed by atoms with Crippen LogP contribution >= 0.6 is 0 Å². The lowest BCUT2D eigenvalue weighted by Gasteiger charge is -2.42. The Labute approximate surface area is 178 Å². The third-order valence-corrected chi connectivity index (χ3v) is 6.90. The maximum absolute atomic E-state index is 13.2. The average Bonchev–Trinajstić information content (AvgIpc) is 2.80. The normalized spacial score (nSPS) is 22.6. The zero-order valence-electron chi connectivity index (χ0n) is 17.6. The fourth-order valence-corrected chi connectivity index (χ4v) is 5.21. The predicted molar refractivity (Wildman–Crippen MR) is 117 cm³/mol. The van der Waals surface area contributed by atoms with Crippen LogP contribution in [-0.4, -0.2) is 34.8 Å². The Hall–Kier alpha value is -2.69. The van der Waals surface area contributed by atoms with Gasteiger partial charge in [-0.1, -0.05) is 43.5 Å². The molecule has 2 fully saturated rings. The van der Waals surface area contributed by atoms with Gasteiger partial charge in [-0.25, -0.2) is 0 Å². The largest absolute Gasteiger partial charge is 0.369 e. The molecule has 1 unspecified atom stereocenters. The molecular weight excluding hydrogens is 374 g/mol. The van der Waals surface area contributed by atoms with Gasteiger partial charge in [0.2, 0.25) is 11.8 Å².